The Hall–Kier alpha value is -1.36. The highest BCUT2D eigenvalue weighted by molar-refractivity contribution is 5.78. The smallest absolute Gasteiger partial charge is 0.226 e. The van der Waals surface area contributed by atoms with E-state index in [1.54, 1.807) is 0 Å². The molecule has 5 nitrogen and oxygen atoms in total. The van der Waals surface area contributed by atoms with Crippen LogP contribution >= 0.6 is 0 Å². The molecular weight excluding hydrogens is 230 g/mol. The van der Waals surface area contributed by atoms with Crippen LogP contribution in [0.4, 0.5) is 0 Å². The second-order valence-corrected chi connectivity index (χ2v) is 5.14. The molecule has 1 saturated carbocycles. The van der Waals surface area contributed by atoms with Crippen molar-refractivity contribution in [2.75, 3.05) is 6.54 Å². The number of aromatic amines is 1. The highest BCUT2D eigenvalue weighted by Crippen LogP contribution is 2.27. The minimum atomic E-state index is -0.405. The molecule has 2 rings (SSSR count). The van der Waals surface area contributed by atoms with Crippen LogP contribution in [0.3, 0.4) is 0 Å². The summed E-state index contributed by atoms with van der Waals surface area (Å²) < 4.78 is 0. The van der Waals surface area contributed by atoms with Gasteiger partial charge in [0.2, 0.25) is 5.91 Å². The van der Waals surface area contributed by atoms with Gasteiger partial charge in [0, 0.05) is 12.2 Å². The summed E-state index contributed by atoms with van der Waals surface area (Å²) in [5.74, 6) is 0.275. The maximum Gasteiger partial charge on any atom is 0.226 e. The van der Waals surface area contributed by atoms with Crippen LogP contribution < -0.4 is 5.32 Å². The highest BCUT2D eigenvalue weighted by atomic mass is 16.3. The number of rotatable bonds is 5. The zero-order valence-electron chi connectivity index (χ0n) is 10.8. The van der Waals surface area contributed by atoms with Crippen molar-refractivity contribution in [2.45, 2.75) is 45.1 Å². The number of hydrogen-bond donors (Lipinski definition) is 3. The van der Waals surface area contributed by atoms with Crippen molar-refractivity contribution >= 4 is 5.91 Å². The number of amides is 1. The van der Waals surface area contributed by atoms with Gasteiger partial charge in [0.25, 0.3) is 0 Å². The molecule has 0 saturated heterocycles. The Morgan fingerprint density at radius 3 is 2.94 bits per heavy atom. The number of aliphatic hydroxyl groups is 1. The molecule has 1 fully saturated rings. The molecule has 5 heteroatoms. The second kappa shape index (κ2) is 6.00. The Morgan fingerprint density at radius 2 is 2.33 bits per heavy atom. The van der Waals surface area contributed by atoms with Crippen LogP contribution in [0.1, 0.15) is 37.1 Å². The molecule has 100 valence electrons. The molecule has 0 spiro atoms. The molecule has 0 bridgehead atoms. The van der Waals surface area contributed by atoms with Gasteiger partial charge in [-0.25, -0.2) is 0 Å². The van der Waals surface area contributed by atoms with Gasteiger partial charge in [0.05, 0.1) is 18.2 Å². The number of nitrogens with one attached hydrogen (secondary N) is 2. The van der Waals surface area contributed by atoms with Gasteiger partial charge < -0.3 is 10.4 Å². The van der Waals surface area contributed by atoms with Crippen LogP contribution in [0.15, 0.2) is 6.07 Å². The average Bonchev–Trinajstić information content (AvgIpc) is 2.97. The maximum absolute atomic E-state index is 11.7. The monoisotopic (exact) mass is 251 g/mol. The fourth-order valence-corrected chi connectivity index (χ4v) is 2.52. The number of aliphatic hydroxyl groups excluding tert-OH is 1. The molecule has 18 heavy (non-hydrogen) atoms. The summed E-state index contributed by atoms with van der Waals surface area (Å²) in [6.07, 6.45) is 4.41. The molecule has 1 amide bonds. The SMILES string of the molecule is Cc1cc(CC(=O)NCC(O)C2CCCC2)n[nH]1. The van der Waals surface area contributed by atoms with Crippen molar-refractivity contribution in [1.82, 2.24) is 15.5 Å². The zero-order chi connectivity index (χ0) is 13.0. The Morgan fingerprint density at radius 1 is 1.61 bits per heavy atom. The Kier molecular flexibility index (Phi) is 4.36. The average molecular weight is 251 g/mol. The molecule has 1 aromatic rings. The summed E-state index contributed by atoms with van der Waals surface area (Å²) in [6.45, 7) is 2.26. The normalized spacial score (nSPS) is 17.9. The van der Waals surface area contributed by atoms with E-state index in [2.05, 4.69) is 15.5 Å². The largest absolute Gasteiger partial charge is 0.391 e. The van der Waals surface area contributed by atoms with Crippen molar-refractivity contribution in [3.63, 3.8) is 0 Å². The Labute approximate surface area is 107 Å². The van der Waals surface area contributed by atoms with Gasteiger partial charge in [0.15, 0.2) is 0 Å². The first-order valence-electron chi connectivity index (χ1n) is 6.61. The lowest BCUT2D eigenvalue weighted by molar-refractivity contribution is -0.121. The molecule has 1 aliphatic rings. The number of aromatic nitrogens is 2. The van der Waals surface area contributed by atoms with Crippen LogP contribution in [0, 0.1) is 12.8 Å². The number of nitrogens with zero attached hydrogens (tertiary/aromatic N) is 1. The third-order valence-electron chi connectivity index (χ3n) is 3.55. The first kappa shape index (κ1) is 13.1. The van der Waals surface area contributed by atoms with E-state index in [4.69, 9.17) is 0 Å². The third-order valence-corrected chi connectivity index (χ3v) is 3.55. The van der Waals surface area contributed by atoms with Gasteiger partial charge in [-0.15, -0.1) is 0 Å². The van der Waals surface area contributed by atoms with E-state index in [0.717, 1.165) is 24.2 Å². The van der Waals surface area contributed by atoms with Crippen LogP contribution in [-0.2, 0) is 11.2 Å². The fourth-order valence-electron chi connectivity index (χ4n) is 2.52. The Balaban J connectivity index is 1.71. The molecule has 1 heterocycles. The number of hydrogen-bond acceptors (Lipinski definition) is 3. The van der Waals surface area contributed by atoms with E-state index in [1.165, 1.54) is 12.8 Å². The van der Waals surface area contributed by atoms with Crippen molar-refractivity contribution in [1.29, 1.82) is 0 Å². The summed E-state index contributed by atoms with van der Waals surface area (Å²) in [4.78, 5) is 11.7. The highest BCUT2D eigenvalue weighted by Gasteiger charge is 2.23. The maximum atomic E-state index is 11.7. The predicted molar refractivity (Wildman–Crippen MR) is 68.0 cm³/mol. The van der Waals surface area contributed by atoms with Gasteiger partial charge >= 0.3 is 0 Å². The summed E-state index contributed by atoms with van der Waals surface area (Å²) in [7, 11) is 0. The van der Waals surface area contributed by atoms with Crippen LogP contribution in [0.25, 0.3) is 0 Å². The van der Waals surface area contributed by atoms with E-state index < -0.39 is 6.10 Å². The summed E-state index contributed by atoms with van der Waals surface area (Å²) in [5.41, 5.74) is 1.68. The van der Waals surface area contributed by atoms with Crippen molar-refractivity contribution < 1.29 is 9.90 Å². The summed E-state index contributed by atoms with van der Waals surface area (Å²) >= 11 is 0. The van der Waals surface area contributed by atoms with E-state index in [0.29, 0.717) is 12.5 Å². The number of carbonyl (C=O) groups excluding carboxylic acids is 1. The first-order chi connectivity index (χ1) is 8.65. The van der Waals surface area contributed by atoms with E-state index in [-0.39, 0.29) is 12.3 Å². The van der Waals surface area contributed by atoms with E-state index in [1.807, 2.05) is 13.0 Å². The van der Waals surface area contributed by atoms with E-state index >= 15 is 0 Å². The summed E-state index contributed by atoms with van der Waals surface area (Å²) in [5, 5.41) is 19.5. The molecule has 0 radical (unpaired) electrons. The van der Waals surface area contributed by atoms with E-state index in [9.17, 15) is 9.90 Å². The lowest BCUT2D eigenvalue weighted by Gasteiger charge is -2.17. The van der Waals surface area contributed by atoms with Crippen molar-refractivity contribution in [3.05, 3.63) is 17.5 Å². The second-order valence-electron chi connectivity index (χ2n) is 5.14. The topological polar surface area (TPSA) is 78.0 Å². The van der Waals surface area contributed by atoms with Crippen molar-refractivity contribution in [2.24, 2.45) is 5.92 Å². The molecule has 0 aromatic carbocycles. The van der Waals surface area contributed by atoms with Gasteiger partial charge in [-0.3, -0.25) is 9.89 Å². The van der Waals surface area contributed by atoms with Gasteiger partial charge in [-0.1, -0.05) is 12.8 Å². The van der Waals surface area contributed by atoms with Crippen molar-refractivity contribution in [3.8, 4) is 0 Å². The lowest BCUT2D eigenvalue weighted by Crippen LogP contribution is -2.36. The number of aryl methyl sites for hydroxylation is 1. The third kappa shape index (κ3) is 3.57. The molecule has 1 atom stereocenters. The quantitative estimate of drug-likeness (QED) is 0.728. The molecule has 3 N–H and O–H groups in total. The number of carbonyl (C=O) groups is 1. The zero-order valence-corrected chi connectivity index (χ0v) is 10.8. The van der Waals surface area contributed by atoms with Crippen LogP contribution in [0.2, 0.25) is 0 Å². The molecule has 0 aliphatic heterocycles. The summed E-state index contributed by atoms with van der Waals surface area (Å²) in [6, 6.07) is 1.85. The minimum Gasteiger partial charge on any atom is -0.391 e. The molecule has 1 aliphatic carbocycles. The fraction of sp³-hybridized carbons (Fsp3) is 0.692. The molecule has 1 unspecified atom stereocenters. The molecule has 1 aromatic heterocycles. The van der Waals surface area contributed by atoms with Gasteiger partial charge in [0.1, 0.15) is 0 Å². The number of H-pyrrole nitrogens is 1. The Bertz CT molecular complexity index is 397. The predicted octanol–water partition coefficient (Wildman–Crippen LogP) is 0.928. The van der Waals surface area contributed by atoms with Gasteiger partial charge in [-0.2, -0.15) is 5.10 Å². The minimum absolute atomic E-state index is 0.0847. The molecular formula is C13H21N3O2. The van der Waals surface area contributed by atoms with Crippen LogP contribution in [0.5, 0.6) is 0 Å². The van der Waals surface area contributed by atoms with Crippen LogP contribution in [-0.4, -0.2) is 33.9 Å². The van der Waals surface area contributed by atoms with Gasteiger partial charge in [-0.05, 0) is 31.7 Å². The standard InChI is InChI=1S/C13H21N3O2/c1-9-6-11(16-15-9)7-13(18)14-8-12(17)10-4-2-3-5-10/h6,10,12,17H,2-5,7-8H2,1H3,(H,14,18)(H,15,16). The lowest BCUT2D eigenvalue weighted by atomic mass is 10.0. The first-order valence-corrected chi connectivity index (χ1v) is 6.61.